The molecular formula is C13H16BrNO2. The van der Waals surface area contributed by atoms with Crippen LogP contribution in [-0.2, 0) is 16.1 Å². The Balaban J connectivity index is 1.77. The predicted molar refractivity (Wildman–Crippen MR) is 69.6 cm³/mol. The molecule has 0 spiro atoms. The van der Waals surface area contributed by atoms with Gasteiger partial charge < -0.3 is 10.1 Å². The summed E-state index contributed by atoms with van der Waals surface area (Å²) in [7, 11) is 0. The van der Waals surface area contributed by atoms with Crippen LogP contribution in [0.4, 0.5) is 0 Å². The molecule has 1 saturated heterocycles. The Labute approximate surface area is 110 Å². The molecule has 0 aromatic heterocycles. The van der Waals surface area contributed by atoms with E-state index in [0.717, 1.165) is 29.5 Å². The molecule has 1 unspecified atom stereocenters. The number of rotatable bonds is 4. The van der Waals surface area contributed by atoms with Crippen molar-refractivity contribution in [3.63, 3.8) is 0 Å². The van der Waals surface area contributed by atoms with Crippen LogP contribution in [0.15, 0.2) is 28.7 Å². The fraction of sp³-hybridized carbons (Fsp3) is 0.462. The lowest BCUT2D eigenvalue weighted by Gasteiger charge is -2.10. The van der Waals surface area contributed by atoms with Crippen molar-refractivity contribution in [3.05, 3.63) is 34.3 Å². The molecule has 1 N–H and O–H groups in total. The first kappa shape index (κ1) is 12.6. The first-order chi connectivity index (χ1) is 8.25. The van der Waals surface area contributed by atoms with E-state index in [1.54, 1.807) is 0 Å². The van der Waals surface area contributed by atoms with Crippen LogP contribution in [0.1, 0.15) is 24.8 Å². The van der Waals surface area contributed by atoms with Crippen molar-refractivity contribution < 1.29 is 9.53 Å². The molecule has 1 aliphatic heterocycles. The van der Waals surface area contributed by atoms with Crippen molar-refractivity contribution in [2.75, 3.05) is 6.61 Å². The molecule has 2 rings (SSSR count). The van der Waals surface area contributed by atoms with Gasteiger partial charge >= 0.3 is 0 Å². The van der Waals surface area contributed by atoms with Gasteiger partial charge in [0.05, 0.1) is 12.5 Å². The third-order valence-corrected chi connectivity index (χ3v) is 3.64. The highest BCUT2D eigenvalue weighted by atomic mass is 79.9. The van der Waals surface area contributed by atoms with E-state index in [1.165, 1.54) is 0 Å². The smallest absolute Gasteiger partial charge is 0.222 e. The topological polar surface area (TPSA) is 38.3 Å². The van der Waals surface area contributed by atoms with Gasteiger partial charge in [0.25, 0.3) is 0 Å². The summed E-state index contributed by atoms with van der Waals surface area (Å²) in [6.45, 7) is 1.36. The van der Waals surface area contributed by atoms with Crippen molar-refractivity contribution in [1.82, 2.24) is 5.32 Å². The number of carbonyl (C=O) groups is 1. The normalized spacial score (nSPS) is 19.2. The average molecular weight is 298 g/mol. The third-order valence-electron chi connectivity index (χ3n) is 2.87. The average Bonchev–Trinajstić information content (AvgIpc) is 2.81. The zero-order chi connectivity index (χ0) is 12.1. The van der Waals surface area contributed by atoms with Gasteiger partial charge in [-0.25, -0.2) is 0 Å². The van der Waals surface area contributed by atoms with Crippen LogP contribution in [0.25, 0.3) is 0 Å². The molecule has 1 atom stereocenters. The maximum absolute atomic E-state index is 11.7. The zero-order valence-corrected chi connectivity index (χ0v) is 11.2. The summed E-state index contributed by atoms with van der Waals surface area (Å²) in [6.07, 6.45) is 2.67. The maximum Gasteiger partial charge on any atom is 0.222 e. The van der Waals surface area contributed by atoms with Gasteiger partial charge in [-0.15, -0.1) is 0 Å². The number of hydrogen-bond donors (Lipinski definition) is 1. The number of hydrogen-bond acceptors (Lipinski definition) is 2. The number of nitrogens with one attached hydrogen (secondary N) is 1. The van der Waals surface area contributed by atoms with Crippen LogP contribution in [0.2, 0.25) is 0 Å². The lowest BCUT2D eigenvalue weighted by atomic mass is 10.1. The minimum atomic E-state index is 0.0626. The quantitative estimate of drug-likeness (QED) is 0.928. The van der Waals surface area contributed by atoms with Gasteiger partial charge in [-0.2, -0.15) is 0 Å². The van der Waals surface area contributed by atoms with Gasteiger partial charge in [0, 0.05) is 17.6 Å². The Morgan fingerprint density at radius 3 is 3.00 bits per heavy atom. The van der Waals surface area contributed by atoms with E-state index in [1.807, 2.05) is 24.3 Å². The predicted octanol–water partition coefficient (Wildman–Crippen LogP) is 2.63. The molecule has 1 amide bonds. The van der Waals surface area contributed by atoms with Crippen molar-refractivity contribution in [3.8, 4) is 0 Å². The van der Waals surface area contributed by atoms with Gasteiger partial charge in [-0.3, -0.25) is 4.79 Å². The van der Waals surface area contributed by atoms with Crippen molar-refractivity contribution >= 4 is 21.8 Å². The number of benzene rings is 1. The molecule has 4 heteroatoms. The molecule has 92 valence electrons. The SMILES string of the molecule is O=C(CC1CCCO1)NCc1ccccc1Br. The van der Waals surface area contributed by atoms with E-state index < -0.39 is 0 Å². The summed E-state index contributed by atoms with van der Waals surface area (Å²) < 4.78 is 6.45. The summed E-state index contributed by atoms with van der Waals surface area (Å²) >= 11 is 3.46. The fourth-order valence-electron chi connectivity index (χ4n) is 1.92. The van der Waals surface area contributed by atoms with Crippen LogP contribution in [0.5, 0.6) is 0 Å². The van der Waals surface area contributed by atoms with E-state index >= 15 is 0 Å². The molecule has 1 aliphatic rings. The highest BCUT2D eigenvalue weighted by Crippen LogP contribution is 2.17. The number of carbonyl (C=O) groups excluding carboxylic acids is 1. The van der Waals surface area contributed by atoms with Gasteiger partial charge in [-0.1, -0.05) is 34.1 Å². The highest BCUT2D eigenvalue weighted by Gasteiger charge is 2.18. The first-order valence-corrected chi connectivity index (χ1v) is 6.66. The maximum atomic E-state index is 11.7. The molecule has 1 fully saturated rings. The van der Waals surface area contributed by atoms with Crippen molar-refractivity contribution in [2.45, 2.75) is 31.9 Å². The van der Waals surface area contributed by atoms with Crippen LogP contribution in [0.3, 0.4) is 0 Å². The van der Waals surface area contributed by atoms with E-state index in [2.05, 4.69) is 21.2 Å². The van der Waals surface area contributed by atoms with Gasteiger partial charge in [0.2, 0.25) is 5.91 Å². The fourth-order valence-corrected chi connectivity index (χ4v) is 2.34. The van der Waals surface area contributed by atoms with Crippen LogP contribution >= 0.6 is 15.9 Å². The first-order valence-electron chi connectivity index (χ1n) is 5.87. The lowest BCUT2D eigenvalue weighted by molar-refractivity contribution is -0.123. The highest BCUT2D eigenvalue weighted by molar-refractivity contribution is 9.10. The minimum absolute atomic E-state index is 0.0626. The Bertz CT molecular complexity index is 389. The second-order valence-electron chi connectivity index (χ2n) is 4.21. The summed E-state index contributed by atoms with van der Waals surface area (Å²) in [5.74, 6) is 0.0626. The van der Waals surface area contributed by atoms with Gasteiger partial charge in [-0.05, 0) is 24.5 Å². The molecule has 1 aromatic rings. The number of ether oxygens (including phenoxy) is 1. The minimum Gasteiger partial charge on any atom is -0.378 e. The van der Waals surface area contributed by atoms with Gasteiger partial charge in [0.1, 0.15) is 0 Å². The summed E-state index contributed by atoms with van der Waals surface area (Å²) in [5.41, 5.74) is 1.09. The molecule has 0 saturated carbocycles. The second-order valence-corrected chi connectivity index (χ2v) is 5.06. The van der Waals surface area contributed by atoms with Crippen LogP contribution in [-0.4, -0.2) is 18.6 Å². The lowest BCUT2D eigenvalue weighted by Crippen LogP contribution is -2.26. The molecule has 17 heavy (non-hydrogen) atoms. The van der Waals surface area contributed by atoms with Crippen LogP contribution < -0.4 is 5.32 Å². The molecule has 1 aromatic carbocycles. The van der Waals surface area contributed by atoms with Crippen molar-refractivity contribution in [2.24, 2.45) is 0 Å². The van der Waals surface area contributed by atoms with Gasteiger partial charge in [0.15, 0.2) is 0 Å². The Morgan fingerprint density at radius 1 is 1.47 bits per heavy atom. The molecule has 0 bridgehead atoms. The summed E-state index contributed by atoms with van der Waals surface area (Å²) in [6, 6.07) is 7.89. The molecule has 1 heterocycles. The van der Waals surface area contributed by atoms with E-state index in [9.17, 15) is 4.79 Å². The summed E-state index contributed by atoms with van der Waals surface area (Å²) in [4.78, 5) is 11.7. The number of amides is 1. The number of halogens is 1. The Kier molecular flexibility index (Phi) is 4.57. The van der Waals surface area contributed by atoms with E-state index in [4.69, 9.17) is 4.74 Å². The standard InChI is InChI=1S/C13H16BrNO2/c14-12-6-2-1-4-10(12)9-15-13(16)8-11-5-3-7-17-11/h1-2,4,6,11H,3,5,7-9H2,(H,15,16). The van der Waals surface area contributed by atoms with E-state index in [0.29, 0.717) is 13.0 Å². The molecular weight excluding hydrogens is 282 g/mol. The Hall–Kier alpha value is -0.870. The molecule has 0 aliphatic carbocycles. The second kappa shape index (κ2) is 6.17. The monoisotopic (exact) mass is 297 g/mol. The summed E-state index contributed by atoms with van der Waals surface area (Å²) in [5, 5.41) is 2.92. The Morgan fingerprint density at radius 2 is 2.29 bits per heavy atom. The van der Waals surface area contributed by atoms with E-state index in [-0.39, 0.29) is 12.0 Å². The molecule has 0 radical (unpaired) electrons. The molecule has 3 nitrogen and oxygen atoms in total. The largest absolute Gasteiger partial charge is 0.378 e. The van der Waals surface area contributed by atoms with Crippen molar-refractivity contribution in [1.29, 1.82) is 0 Å². The zero-order valence-electron chi connectivity index (χ0n) is 9.62. The third kappa shape index (κ3) is 3.82. The van der Waals surface area contributed by atoms with Crippen LogP contribution in [0, 0.1) is 0 Å².